The summed E-state index contributed by atoms with van der Waals surface area (Å²) < 4.78 is 12.0. The first-order valence-corrected chi connectivity index (χ1v) is 11.6. The number of carbonyl (C=O) groups is 2. The van der Waals surface area contributed by atoms with Gasteiger partial charge < -0.3 is 9.47 Å². The maximum atomic E-state index is 13.2. The maximum Gasteiger partial charge on any atom is 0.311 e. The van der Waals surface area contributed by atoms with Crippen molar-refractivity contribution in [1.29, 1.82) is 0 Å². The van der Waals surface area contributed by atoms with E-state index in [-0.39, 0.29) is 18.3 Å². The summed E-state index contributed by atoms with van der Waals surface area (Å²) in [6.07, 6.45) is 1.79. The van der Waals surface area contributed by atoms with Crippen molar-refractivity contribution in [2.24, 2.45) is 0 Å². The van der Waals surface area contributed by atoms with Crippen LogP contribution >= 0.6 is 11.3 Å². The van der Waals surface area contributed by atoms with Crippen molar-refractivity contribution >= 4 is 28.3 Å². The van der Waals surface area contributed by atoms with Crippen molar-refractivity contribution < 1.29 is 19.1 Å². The minimum atomic E-state index is -0.354. The molecule has 0 saturated carbocycles. The average molecular weight is 477 g/mol. The van der Waals surface area contributed by atoms with Crippen LogP contribution in [0, 0.1) is 0 Å². The Balaban J connectivity index is 1.60. The predicted molar refractivity (Wildman–Crippen MR) is 130 cm³/mol. The van der Waals surface area contributed by atoms with E-state index in [1.165, 1.54) is 11.3 Å². The zero-order valence-corrected chi connectivity index (χ0v) is 19.7. The fraction of sp³-hybridized carbons (Fsp3) is 0.200. The molecule has 0 fully saturated rings. The summed E-state index contributed by atoms with van der Waals surface area (Å²) in [4.78, 5) is 29.3. The molecule has 0 aliphatic heterocycles. The maximum absolute atomic E-state index is 13.2. The van der Waals surface area contributed by atoms with Gasteiger partial charge in [-0.3, -0.25) is 19.6 Å². The Bertz CT molecular complexity index is 1280. The van der Waals surface area contributed by atoms with Gasteiger partial charge in [0.25, 0.3) is 5.91 Å². The summed E-state index contributed by atoms with van der Waals surface area (Å²) in [5.41, 5.74) is 3.32. The van der Waals surface area contributed by atoms with Crippen molar-refractivity contribution in [2.45, 2.75) is 19.9 Å². The third kappa shape index (κ3) is 5.68. The van der Waals surface area contributed by atoms with E-state index in [4.69, 9.17) is 14.6 Å². The Morgan fingerprint density at radius 2 is 1.94 bits per heavy atom. The van der Waals surface area contributed by atoms with E-state index < -0.39 is 0 Å². The molecule has 0 atom stereocenters. The number of ether oxygens (including phenoxy) is 2. The number of hydrogen-bond donors (Lipinski definition) is 1. The number of rotatable bonds is 9. The summed E-state index contributed by atoms with van der Waals surface area (Å²) in [6.45, 7) is 2.58. The van der Waals surface area contributed by atoms with E-state index in [9.17, 15) is 9.59 Å². The highest BCUT2D eigenvalue weighted by Crippen LogP contribution is 2.27. The predicted octanol–water partition coefficient (Wildman–Crippen LogP) is 4.42. The standard InChI is InChI=1S/C25H24N4O4S/c1-3-33-22(30)13-19-16-34-25(26-19)27-24(31)21-15-29(14-17-8-5-4-6-9-17)28-23(21)18-10-7-11-20(12-18)32-2/h4-12,15-16H,3,13-14H2,1-2H3,(H,26,27,31). The molecule has 8 nitrogen and oxygen atoms in total. The molecule has 174 valence electrons. The largest absolute Gasteiger partial charge is 0.497 e. The van der Waals surface area contributed by atoms with Gasteiger partial charge in [-0.15, -0.1) is 11.3 Å². The SMILES string of the molecule is CCOC(=O)Cc1csc(NC(=O)c2cn(Cc3ccccc3)nc2-c2cccc(OC)c2)n1. The first kappa shape index (κ1) is 23.2. The van der Waals surface area contributed by atoms with Crippen LogP contribution in [0.3, 0.4) is 0 Å². The molecule has 1 amide bonds. The number of nitrogens with zero attached hydrogens (tertiary/aromatic N) is 3. The fourth-order valence-electron chi connectivity index (χ4n) is 3.39. The Kier molecular flexibility index (Phi) is 7.34. The number of hydrogen-bond acceptors (Lipinski definition) is 7. The van der Waals surface area contributed by atoms with Gasteiger partial charge in [-0.25, -0.2) is 4.98 Å². The highest BCUT2D eigenvalue weighted by atomic mass is 32.1. The number of benzene rings is 2. The van der Waals surface area contributed by atoms with E-state index in [0.717, 1.165) is 11.1 Å². The number of aromatic nitrogens is 3. The van der Waals surface area contributed by atoms with Gasteiger partial charge in [0.2, 0.25) is 0 Å². The summed E-state index contributed by atoms with van der Waals surface area (Å²) >= 11 is 1.25. The molecule has 34 heavy (non-hydrogen) atoms. The van der Waals surface area contributed by atoms with Gasteiger partial charge in [-0.2, -0.15) is 5.10 Å². The lowest BCUT2D eigenvalue weighted by Crippen LogP contribution is -2.13. The quantitative estimate of drug-likeness (QED) is 0.359. The van der Waals surface area contributed by atoms with Crippen molar-refractivity contribution in [3.05, 3.63) is 83.0 Å². The third-order valence-electron chi connectivity index (χ3n) is 4.94. The van der Waals surface area contributed by atoms with Crippen molar-refractivity contribution in [3.63, 3.8) is 0 Å². The molecule has 0 spiro atoms. The number of esters is 1. The second-order valence-corrected chi connectivity index (χ2v) is 8.24. The van der Waals surface area contributed by atoms with E-state index in [2.05, 4.69) is 10.3 Å². The molecular weight excluding hydrogens is 452 g/mol. The van der Waals surface area contributed by atoms with Crippen LogP contribution in [0.1, 0.15) is 28.5 Å². The number of anilines is 1. The lowest BCUT2D eigenvalue weighted by atomic mass is 10.1. The summed E-state index contributed by atoms with van der Waals surface area (Å²) in [5, 5.41) is 9.66. The van der Waals surface area contributed by atoms with Crippen LogP contribution in [0.5, 0.6) is 5.75 Å². The molecular formula is C25H24N4O4S. The second-order valence-electron chi connectivity index (χ2n) is 7.39. The van der Waals surface area contributed by atoms with Crippen LogP contribution in [-0.4, -0.2) is 40.4 Å². The zero-order chi connectivity index (χ0) is 23.9. The fourth-order valence-corrected chi connectivity index (χ4v) is 4.10. The van der Waals surface area contributed by atoms with Crippen molar-refractivity contribution in [3.8, 4) is 17.0 Å². The highest BCUT2D eigenvalue weighted by Gasteiger charge is 2.20. The Labute approximate surface area is 201 Å². The van der Waals surface area contributed by atoms with Crippen LogP contribution in [0.15, 0.2) is 66.2 Å². The van der Waals surface area contributed by atoms with Crippen LogP contribution in [0.25, 0.3) is 11.3 Å². The Morgan fingerprint density at radius 3 is 2.71 bits per heavy atom. The highest BCUT2D eigenvalue weighted by molar-refractivity contribution is 7.14. The van der Waals surface area contributed by atoms with E-state index in [0.29, 0.717) is 41.0 Å². The molecule has 0 unspecified atom stereocenters. The van der Waals surface area contributed by atoms with Crippen LogP contribution in [0.4, 0.5) is 5.13 Å². The van der Waals surface area contributed by atoms with Gasteiger partial charge in [0.1, 0.15) is 11.4 Å². The van der Waals surface area contributed by atoms with Gasteiger partial charge in [0, 0.05) is 17.1 Å². The van der Waals surface area contributed by atoms with Gasteiger partial charge in [-0.1, -0.05) is 42.5 Å². The van der Waals surface area contributed by atoms with Crippen LogP contribution in [-0.2, 0) is 22.5 Å². The minimum Gasteiger partial charge on any atom is -0.497 e. The number of methoxy groups -OCH3 is 1. The average Bonchev–Trinajstić information content (AvgIpc) is 3.46. The molecule has 9 heteroatoms. The summed E-state index contributed by atoms with van der Waals surface area (Å²) in [6, 6.07) is 17.3. The number of nitrogens with one attached hydrogen (secondary N) is 1. The number of thiazole rings is 1. The molecule has 1 N–H and O–H groups in total. The minimum absolute atomic E-state index is 0.0598. The number of carbonyl (C=O) groups excluding carboxylic acids is 2. The first-order chi connectivity index (χ1) is 16.6. The van der Waals surface area contributed by atoms with Crippen molar-refractivity contribution in [2.75, 3.05) is 19.0 Å². The summed E-state index contributed by atoms with van der Waals surface area (Å²) in [7, 11) is 1.59. The van der Waals surface area contributed by atoms with Gasteiger partial charge in [0.15, 0.2) is 5.13 Å². The molecule has 0 saturated heterocycles. The Morgan fingerprint density at radius 1 is 1.12 bits per heavy atom. The van der Waals surface area contributed by atoms with Gasteiger partial charge in [-0.05, 0) is 24.6 Å². The normalized spacial score (nSPS) is 10.6. The lowest BCUT2D eigenvalue weighted by Gasteiger charge is -2.05. The molecule has 0 aliphatic carbocycles. The van der Waals surface area contributed by atoms with Crippen molar-refractivity contribution in [1.82, 2.24) is 14.8 Å². The third-order valence-corrected chi connectivity index (χ3v) is 5.75. The van der Waals surface area contributed by atoms with Gasteiger partial charge >= 0.3 is 5.97 Å². The summed E-state index contributed by atoms with van der Waals surface area (Å²) in [5.74, 6) is -0.0210. The molecule has 2 heterocycles. The molecule has 4 rings (SSSR count). The zero-order valence-electron chi connectivity index (χ0n) is 18.9. The van der Waals surface area contributed by atoms with Crippen LogP contribution in [0.2, 0.25) is 0 Å². The Hall–Kier alpha value is -3.98. The van der Waals surface area contributed by atoms with Crippen LogP contribution < -0.4 is 10.1 Å². The first-order valence-electron chi connectivity index (χ1n) is 10.7. The van der Waals surface area contributed by atoms with Gasteiger partial charge in [0.05, 0.1) is 37.9 Å². The van der Waals surface area contributed by atoms with E-state index in [1.807, 2.05) is 54.6 Å². The smallest absolute Gasteiger partial charge is 0.311 e. The molecule has 4 aromatic rings. The lowest BCUT2D eigenvalue weighted by molar-refractivity contribution is -0.142. The molecule has 2 aromatic heterocycles. The molecule has 0 radical (unpaired) electrons. The second kappa shape index (κ2) is 10.8. The molecule has 2 aromatic carbocycles. The topological polar surface area (TPSA) is 95.3 Å². The monoisotopic (exact) mass is 476 g/mol. The number of amides is 1. The molecule has 0 bridgehead atoms. The molecule has 0 aliphatic rings. The van der Waals surface area contributed by atoms with E-state index in [1.54, 1.807) is 30.3 Å². The van der Waals surface area contributed by atoms with E-state index >= 15 is 0 Å².